The van der Waals surface area contributed by atoms with E-state index in [1.54, 1.807) is 12.1 Å². The second-order valence-electron chi connectivity index (χ2n) is 5.50. The van der Waals surface area contributed by atoms with Crippen molar-refractivity contribution in [1.29, 1.82) is 0 Å². The number of hydrogen-bond donors (Lipinski definition) is 0. The van der Waals surface area contributed by atoms with Crippen molar-refractivity contribution in [2.75, 3.05) is 13.1 Å². The number of likely N-dealkylation sites (tertiary alicyclic amines) is 1. The molecular weight excluding hydrogens is 277 g/mol. The van der Waals surface area contributed by atoms with Crippen molar-refractivity contribution in [3.05, 3.63) is 52.6 Å². The molecule has 0 saturated carbocycles. The monoisotopic (exact) mass is 293 g/mol. The van der Waals surface area contributed by atoms with E-state index in [4.69, 9.17) is 11.6 Å². The Hall–Kier alpha value is -1.39. The van der Waals surface area contributed by atoms with Crippen molar-refractivity contribution >= 4 is 11.6 Å². The number of hydrogen-bond acceptors (Lipinski definition) is 2. The average molecular weight is 294 g/mol. The van der Waals surface area contributed by atoms with Crippen LogP contribution in [0.5, 0.6) is 0 Å². The van der Waals surface area contributed by atoms with Gasteiger partial charge in [0.2, 0.25) is 0 Å². The summed E-state index contributed by atoms with van der Waals surface area (Å²) in [5.41, 5.74) is 1.78. The molecule has 1 fully saturated rings. The van der Waals surface area contributed by atoms with E-state index < -0.39 is 0 Å². The van der Waals surface area contributed by atoms with E-state index in [1.165, 1.54) is 11.6 Å². The van der Waals surface area contributed by atoms with E-state index in [1.807, 2.05) is 17.8 Å². The molecule has 0 atom stereocenters. The first-order chi connectivity index (χ1) is 9.61. The minimum Gasteiger partial charge on any atom is -0.298 e. The van der Waals surface area contributed by atoms with Gasteiger partial charge < -0.3 is 0 Å². The summed E-state index contributed by atoms with van der Waals surface area (Å²) in [5, 5.41) is 4.80. The fraction of sp³-hybridized carbons (Fsp3) is 0.400. The summed E-state index contributed by atoms with van der Waals surface area (Å²) < 4.78 is 15.7. The molecule has 3 rings (SSSR count). The van der Waals surface area contributed by atoms with Crippen LogP contribution in [0.1, 0.15) is 11.1 Å². The molecule has 0 radical (unpaired) electrons. The maximum atomic E-state index is 13.7. The van der Waals surface area contributed by atoms with Gasteiger partial charge in [-0.05, 0) is 24.6 Å². The highest BCUT2D eigenvalue weighted by molar-refractivity contribution is 6.31. The normalized spacial score (nSPS) is 16.4. The summed E-state index contributed by atoms with van der Waals surface area (Å²) in [6, 6.07) is 4.84. The third kappa shape index (κ3) is 2.86. The van der Waals surface area contributed by atoms with Crippen LogP contribution in [0.4, 0.5) is 4.39 Å². The predicted molar refractivity (Wildman–Crippen MR) is 77.1 cm³/mol. The number of aromatic nitrogens is 2. The van der Waals surface area contributed by atoms with Crippen LogP contribution in [0, 0.1) is 18.7 Å². The summed E-state index contributed by atoms with van der Waals surface area (Å²) in [6.07, 6.45) is 3.92. The highest BCUT2D eigenvalue weighted by Gasteiger charge is 2.28. The first kappa shape index (κ1) is 13.6. The topological polar surface area (TPSA) is 21.1 Å². The van der Waals surface area contributed by atoms with E-state index >= 15 is 0 Å². The molecule has 1 aliphatic rings. The van der Waals surface area contributed by atoms with E-state index in [2.05, 4.69) is 16.2 Å². The molecule has 1 aromatic carbocycles. The Morgan fingerprint density at radius 3 is 2.85 bits per heavy atom. The van der Waals surface area contributed by atoms with E-state index in [0.29, 0.717) is 23.0 Å². The quantitative estimate of drug-likeness (QED) is 0.864. The maximum Gasteiger partial charge on any atom is 0.129 e. The van der Waals surface area contributed by atoms with Gasteiger partial charge in [-0.3, -0.25) is 9.58 Å². The molecular formula is C15H17ClFN3. The molecule has 20 heavy (non-hydrogen) atoms. The van der Waals surface area contributed by atoms with Gasteiger partial charge in [0.15, 0.2) is 0 Å². The SMILES string of the molecule is Cc1cnn(CC2CN(Cc3c(F)cccc3Cl)C2)c1. The Kier molecular flexibility index (Phi) is 3.76. The zero-order chi connectivity index (χ0) is 14.1. The number of nitrogens with zero attached hydrogens (tertiary/aromatic N) is 3. The Morgan fingerprint density at radius 2 is 2.20 bits per heavy atom. The van der Waals surface area contributed by atoms with Gasteiger partial charge >= 0.3 is 0 Å². The molecule has 2 aromatic rings. The van der Waals surface area contributed by atoms with Crippen LogP contribution in [-0.2, 0) is 13.1 Å². The van der Waals surface area contributed by atoms with Crippen LogP contribution in [-0.4, -0.2) is 27.8 Å². The molecule has 5 heteroatoms. The first-order valence-electron chi connectivity index (χ1n) is 6.76. The maximum absolute atomic E-state index is 13.7. The third-order valence-corrected chi connectivity index (χ3v) is 4.04. The lowest BCUT2D eigenvalue weighted by Gasteiger charge is -2.39. The van der Waals surface area contributed by atoms with Crippen molar-refractivity contribution in [1.82, 2.24) is 14.7 Å². The van der Waals surface area contributed by atoms with E-state index in [9.17, 15) is 4.39 Å². The molecule has 0 unspecified atom stereocenters. The van der Waals surface area contributed by atoms with Crippen molar-refractivity contribution in [2.24, 2.45) is 5.92 Å². The second kappa shape index (κ2) is 5.54. The molecule has 0 N–H and O–H groups in total. The van der Waals surface area contributed by atoms with Gasteiger partial charge in [0, 0.05) is 48.9 Å². The highest BCUT2D eigenvalue weighted by Crippen LogP contribution is 2.25. The summed E-state index contributed by atoms with van der Waals surface area (Å²) in [5.74, 6) is 0.364. The molecule has 0 aliphatic carbocycles. The van der Waals surface area contributed by atoms with Gasteiger partial charge in [-0.15, -0.1) is 0 Å². The van der Waals surface area contributed by atoms with Gasteiger partial charge in [-0.1, -0.05) is 17.7 Å². The molecule has 2 heterocycles. The standard InChI is InChI=1S/C15H17ClFN3/c1-11-5-18-20(6-11)9-12-7-19(8-12)10-13-14(16)3-2-4-15(13)17/h2-6,12H,7-10H2,1H3. The largest absolute Gasteiger partial charge is 0.298 e. The molecule has 106 valence electrons. The zero-order valence-corrected chi connectivity index (χ0v) is 12.1. The smallest absolute Gasteiger partial charge is 0.129 e. The highest BCUT2D eigenvalue weighted by atomic mass is 35.5. The molecule has 3 nitrogen and oxygen atoms in total. The van der Waals surface area contributed by atoms with Crippen molar-refractivity contribution in [3.8, 4) is 0 Å². The minimum atomic E-state index is -0.219. The molecule has 0 spiro atoms. The van der Waals surface area contributed by atoms with Gasteiger partial charge in [0.05, 0.1) is 6.20 Å². The number of aryl methyl sites for hydroxylation is 1. The number of rotatable bonds is 4. The summed E-state index contributed by atoms with van der Waals surface area (Å²) >= 11 is 6.04. The van der Waals surface area contributed by atoms with Crippen molar-refractivity contribution < 1.29 is 4.39 Å². The van der Waals surface area contributed by atoms with Crippen LogP contribution in [0.25, 0.3) is 0 Å². The zero-order valence-electron chi connectivity index (χ0n) is 11.4. The molecule has 1 saturated heterocycles. The van der Waals surface area contributed by atoms with Crippen LogP contribution in [0.3, 0.4) is 0 Å². The molecule has 1 aliphatic heterocycles. The van der Waals surface area contributed by atoms with Crippen LogP contribution in [0.2, 0.25) is 5.02 Å². The van der Waals surface area contributed by atoms with Gasteiger partial charge in [0.25, 0.3) is 0 Å². The van der Waals surface area contributed by atoms with E-state index in [0.717, 1.165) is 19.6 Å². The van der Waals surface area contributed by atoms with Crippen molar-refractivity contribution in [2.45, 2.75) is 20.0 Å². The Bertz CT molecular complexity index is 585. The summed E-state index contributed by atoms with van der Waals surface area (Å²) in [4.78, 5) is 2.21. The summed E-state index contributed by atoms with van der Waals surface area (Å²) in [6.45, 7) is 5.47. The third-order valence-electron chi connectivity index (χ3n) is 3.68. The summed E-state index contributed by atoms with van der Waals surface area (Å²) in [7, 11) is 0. The van der Waals surface area contributed by atoms with Crippen molar-refractivity contribution in [3.63, 3.8) is 0 Å². The Labute approximate surface area is 123 Å². The second-order valence-corrected chi connectivity index (χ2v) is 5.91. The predicted octanol–water partition coefficient (Wildman–Crippen LogP) is 3.12. The Balaban J connectivity index is 1.53. The lowest BCUT2D eigenvalue weighted by molar-refractivity contribution is 0.0767. The van der Waals surface area contributed by atoms with E-state index in [-0.39, 0.29) is 5.82 Å². The number of benzene rings is 1. The molecule has 0 bridgehead atoms. The molecule has 0 amide bonds. The average Bonchev–Trinajstić information content (AvgIpc) is 2.76. The van der Waals surface area contributed by atoms with Crippen LogP contribution >= 0.6 is 11.6 Å². The molecule has 1 aromatic heterocycles. The lowest BCUT2D eigenvalue weighted by atomic mass is 9.99. The van der Waals surface area contributed by atoms with Gasteiger partial charge in [0.1, 0.15) is 5.82 Å². The van der Waals surface area contributed by atoms with Gasteiger partial charge in [-0.25, -0.2) is 4.39 Å². The van der Waals surface area contributed by atoms with Crippen LogP contribution < -0.4 is 0 Å². The first-order valence-corrected chi connectivity index (χ1v) is 7.14. The lowest BCUT2D eigenvalue weighted by Crippen LogP contribution is -2.47. The number of halogens is 2. The fourth-order valence-corrected chi connectivity index (χ4v) is 2.88. The van der Waals surface area contributed by atoms with Crippen LogP contribution in [0.15, 0.2) is 30.6 Å². The Morgan fingerprint density at radius 1 is 1.40 bits per heavy atom. The van der Waals surface area contributed by atoms with Gasteiger partial charge in [-0.2, -0.15) is 5.10 Å². The minimum absolute atomic E-state index is 0.219. The fourth-order valence-electron chi connectivity index (χ4n) is 2.66.